The van der Waals surface area contributed by atoms with Gasteiger partial charge < -0.3 is 5.73 Å². The molecule has 17 heavy (non-hydrogen) atoms. The second kappa shape index (κ2) is 4.68. The molecule has 0 bridgehead atoms. The highest BCUT2D eigenvalue weighted by atomic mass is 35.5. The van der Waals surface area contributed by atoms with Gasteiger partial charge in [-0.2, -0.15) is 0 Å². The maximum atomic E-state index is 11.9. The Morgan fingerprint density at radius 3 is 2.88 bits per heavy atom. The van der Waals surface area contributed by atoms with Gasteiger partial charge in [0.2, 0.25) is 5.13 Å². The number of nitrogens with zero attached hydrogens (tertiary/aromatic N) is 2. The molecule has 5 nitrogen and oxygen atoms in total. The summed E-state index contributed by atoms with van der Waals surface area (Å²) in [6, 6.07) is 4.73. The summed E-state index contributed by atoms with van der Waals surface area (Å²) in [4.78, 5) is 11.9. The fourth-order valence-electron chi connectivity index (χ4n) is 1.23. The van der Waals surface area contributed by atoms with Crippen molar-refractivity contribution in [1.82, 2.24) is 10.2 Å². The Morgan fingerprint density at radius 2 is 2.24 bits per heavy atom. The van der Waals surface area contributed by atoms with E-state index >= 15 is 0 Å². The number of halogens is 1. The zero-order valence-corrected chi connectivity index (χ0v) is 10.5. The molecular formula is C10H9ClN4OS. The van der Waals surface area contributed by atoms with Crippen molar-refractivity contribution in [2.75, 3.05) is 11.1 Å². The first-order chi connectivity index (χ1) is 8.06. The molecule has 0 radical (unpaired) electrons. The standard InChI is InChI=1S/C10H9ClN4OS/c1-5-14-15-10(17-5)13-9(16)7-4-6(12)2-3-8(7)11/h2-4H,12H2,1H3,(H,13,15,16). The van der Waals surface area contributed by atoms with Crippen molar-refractivity contribution in [1.29, 1.82) is 0 Å². The number of nitrogens with one attached hydrogen (secondary N) is 1. The third-order valence-electron chi connectivity index (χ3n) is 1.98. The molecule has 0 aliphatic heterocycles. The molecule has 0 unspecified atom stereocenters. The molecule has 1 aromatic carbocycles. The lowest BCUT2D eigenvalue weighted by atomic mass is 10.2. The molecule has 1 amide bonds. The fourth-order valence-corrected chi connectivity index (χ4v) is 2.02. The van der Waals surface area contributed by atoms with Gasteiger partial charge in [0.1, 0.15) is 5.01 Å². The number of rotatable bonds is 2. The zero-order valence-electron chi connectivity index (χ0n) is 8.90. The average molecular weight is 269 g/mol. The number of carbonyl (C=O) groups excluding carboxylic acids is 1. The normalized spacial score (nSPS) is 10.2. The Balaban J connectivity index is 2.22. The van der Waals surface area contributed by atoms with E-state index in [0.717, 1.165) is 5.01 Å². The molecule has 3 N–H and O–H groups in total. The lowest BCUT2D eigenvalue weighted by Crippen LogP contribution is -2.12. The number of amides is 1. The van der Waals surface area contributed by atoms with Crippen molar-refractivity contribution >= 4 is 39.7 Å². The van der Waals surface area contributed by atoms with Crippen LogP contribution < -0.4 is 11.1 Å². The molecule has 0 aliphatic rings. The number of anilines is 2. The Kier molecular flexibility index (Phi) is 3.26. The molecule has 2 rings (SSSR count). The first-order valence-corrected chi connectivity index (χ1v) is 5.92. The van der Waals surface area contributed by atoms with Crippen LogP contribution in [0.5, 0.6) is 0 Å². The van der Waals surface area contributed by atoms with E-state index in [1.165, 1.54) is 17.4 Å². The van der Waals surface area contributed by atoms with Gasteiger partial charge in [-0.25, -0.2) is 0 Å². The predicted octanol–water partition coefficient (Wildman–Crippen LogP) is 2.33. The number of hydrogen-bond acceptors (Lipinski definition) is 5. The molecule has 1 heterocycles. The highest BCUT2D eigenvalue weighted by molar-refractivity contribution is 7.15. The number of carbonyl (C=O) groups is 1. The van der Waals surface area contributed by atoms with E-state index in [9.17, 15) is 4.79 Å². The van der Waals surface area contributed by atoms with Gasteiger partial charge in [0.05, 0.1) is 10.6 Å². The first kappa shape index (κ1) is 11.8. The van der Waals surface area contributed by atoms with Crippen molar-refractivity contribution in [2.45, 2.75) is 6.92 Å². The summed E-state index contributed by atoms with van der Waals surface area (Å²) in [7, 11) is 0. The molecule has 7 heteroatoms. The maximum absolute atomic E-state index is 11.9. The minimum atomic E-state index is -0.349. The highest BCUT2D eigenvalue weighted by Crippen LogP contribution is 2.21. The van der Waals surface area contributed by atoms with Crippen molar-refractivity contribution in [3.8, 4) is 0 Å². The molecule has 2 aromatic rings. The number of aryl methyl sites for hydroxylation is 1. The number of nitrogen functional groups attached to an aromatic ring is 1. The van der Waals surface area contributed by atoms with Gasteiger partial charge in [-0.05, 0) is 25.1 Å². The van der Waals surface area contributed by atoms with E-state index < -0.39 is 0 Å². The Hall–Kier alpha value is -1.66. The smallest absolute Gasteiger partial charge is 0.259 e. The highest BCUT2D eigenvalue weighted by Gasteiger charge is 2.12. The Labute approximate surface area is 107 Å². The Bertz CT molecular complexity index is 569. The lowest BCUT2D eigenvalue weighted by molar-refractivity contribution is 0.102. The molecule has 0 saturated heterocycles. The maximum Gasteiger partial charge on any atom is 0.259 e. The minimum absolute atomic E-state index is 0.319. The number of nitrogens with two attached hydrogens (primary N) is 1. The summed E-state index contributed by atoms with van der Waals surface area (Å²) >= 11 is 7.21. The second-order valence-corrected chi connectivity index (χ2v) is 4.91. The van der Waals surface area contributed by atoms with Crippen LogP contribution in [0.15, 0.2) is 18.2 Å². The summed E-state index contributed by atoms with van der Waals surface area (Å²) in [5.74, 6) is -0.349. The molecule has 0 fully saturated rings. The number of hydrogen-bond donors (Lipinski definition) is 2. The van der Waals surface area contributed by atoms with Gasteiger partial charge in [0, 0.05) is 5.69 Å². The van der Waals surface area contributed by atoms with E-state index in [1.807, 2.05) is 0 Å². The third-order valence-corrected chi connectivity index (χ3v) is 3.07. The number of aromatic nitrogens is 2. The van der Waals surface area contributed by atoms with Crippen molar-refractivity contribution < 1.29 is 4.79 Å². The number of benzene rings is 1. The fraction of sp³-hybridized carbons (Fsp3) is 0.100. The molecule has 88 valence electrons. The topological polar surface area (TPSA) is 80.9 Å². The van der Waals surface area contributed by atoms with Crippen molar-refractivity contribution in [3.05, 3.63) is 33.8 Å². The van der Waals surface area contributed by atoms with E-state index in [0.29, 0.717) is 21.4 Å². The Morgan fingerprint density at radius 1 is 1.47 bits per heavy atom. The summed E-state index contributed by atoms with van der Waals surface area (Å²) in [6.45, 7) is 1.81. The summed E-state index contributed by atoms with van der Waals surface area (Å²) in [5.41, 5.74) is 6.40. The van der Waals surface area contributed by atoms with Crippen LogP contribution in [-0.2, 0) is 0 Å². The van der Waals surface area contributed by atoms with Crippen molar-refractivity contribution in [3.63, 3.8) is 0 Å². The summed E-state index contributed by atoms with van der Waals surface area (Å²) < 4.78 is 0. The van der Waals surface area contributed by atoms with Crippen LogP contribution in [-0.4, -0.2) is 16.1 Å². The van der Waals surface area contributed by atoms with Crippen LogP contribution in [0.1, 0.15) is 15.4 Å². The molecule has 0 aliphatic carbocycles. The lowest BCUT2D eigenvalue weighted by Gasteiger charge is -2.04. The van der Waals surface area contributed by atoms with Crippen LogP contribution in [0, 0.1) is 6.92 Å². The second-order valence-electron chi connectivity index (χ2n) is 3.32. The van der Waals surface area contributed by atoms with E-state index in [-0.39, 0.29) is 5.91 Å². The van der Waals surface area contributed by atoms with E-state index in [4.69, 9.17) is 17.3 Å². The van der Waals surface area contributed by atoms with Gasteiger partial charge in [0.25, 0.3) is 5.91 Å². The van der Waals surface area contributed by atoms with Gasteiger partial charge in [0.15, 0.2) is 0 Å². The zero-order chi connectivity index (χ0) is 12.4. The van der Waals surface area contributed by atoms with Crippen LogP contribution in [0.4, 0.5) is 10.8 Å². The minimum Gasteiger partial charge on any atom is -0.399 e. The summed E-state index contributed by atoms with van der Waals surface area (Å²) in [6.07, 6.45) is 0. The predicted molar refractivity (Wildman–Crippen MR) is 68.5 cm³/mol. The molecule has 0 spiro atoms. The van der Waals surface area contributed by atoms with Gasteiger partial charge >= 0.3 is 0 Å². The van der Waals surface area contributed by atoms with E-state index in [1.54, 1.807) is 19.1 Å². The van der Waals surface area contributed by atoms with Crippen LogP contribution in [0.3, 0.4) is 0 Å². The molecular weight excluding hydrogens is 260 g/mol. The summed E-state index contributed by atoms with van der Waals surface area (Å²) in [5, 5.41) is 11.8. The first-order valence-electron chi connectivity index (χ1n) is 4.73. The SMILES string of the molecule is Cc1nnc(NC(=O)c2cc(N)ccc2Cl)s1. The van der Waals surface area contributed by atoms with Crippen LogP contribution in [0.2, 0.25) is 5.02 Å². The van der Waals surface area contributed by atoms with Crippen molar-refractivity contribution in [2.24, 2.45) is 0 Å². The van der Waals surface area contributed by atoms with Gasteiger partial charge in [-0.1, -0.05) is 22.9 Å². The van der Waals surface area contributed by atoms with Gasteiger partial charge in [-0.3, -0.25) is 10.1 Å². The molecule has 1 aromatic heterocycles. The van der Waals surface area contributed by atoms with Gasteiger partial charge in [-0.15, -0.1) is 10.2 Å². The van der Waals surface area contributed by atoms with Crippen LogP contribution in [0.25, 0.3) is 0 Å². The van der Waals surface area contributed by atoms with Crippen LogP contribution >= 0.6 is 22.9 Å². The third kappa shape index (κ3) is 2.72. The largest absolute Gasteiger partial charge is 0.399 e. The molecule has 0 atom stereocenters. The average Bonchev–Trinajstić information content (AvgIpc) is 2.67. The molecule has 0 saturated carbocycles. The van der Waals surface area contributed by atoms with E-state index in [2.05, 4.69) is 15.5 Å². The quantitative estimate of drug-likeness (QED) is 0.819. The monoisotopic (exact) mass is 268 g/mol.